The van der Waals surface area contributed by atoms with Crippen molar-refractivity contribution in [3.8, 4) is 0 Å². The summed E-state index contributed by atoms with van der Waals surface area (Å²) in [7, 11) is 0. The lowest BCUT2D eigenvalue weighted by Crippen LogP contribution is -2.61. The minimum atomic E-state index is -2.78. The van der Waals surface area contributed by atoms with Crippen LogP contribution in [0.4, 0.5) is 0 Å². The number of aliphatic hydroxyl groups excluding tert-OH is 22. The van der Waals surface area contributed by atoms with E-state index in [0.717, 1.165) is 0 Å². The molecular formula is C43H74N2O29. The molecule has 31 nitrogen and oxygen atoms in total. The van der Waals surface area contributed by atoms with Gasteiger partial charge in [0.2, 0.25) is 31.5 Å². The van der Waals surface area contributed by atoms with Gasteiger partial charge in [0.1, 0.15) is 54.9 Å². The van der Waals surface area contributed by atoms with Gasteiger partial charge < -0.3 is 150 Å². The zero-order chi connectivity index (χ0) is 55.7. The Labute approximate surface area is 422 Å². The summed E-state index contributed by atoms with van der Waals surface area (Å²) in [5.41, 5.74) is 0. The van der Waals surface area contributed by atoms with Gasteiger partial charge in [0, 0.05) is 90.9 Å². The molecule has 0 radical (unpaired) electrons. The van der Waals surface area contributed by atoms with Gasteiger partial charge in [0.05, 0.1) is 6.61 Å². The Morgan fingerprint density at radius 2 is 0.703 bits per heavy atom. The molecule has 0 aliphatic carbocycles. The first kappa shape index (κ1) is 64.1. The third-order valence-corrected chi connectivity index (χ3v) is 12.0. The largest absolute Gasteiger partial charge is 0.506 e. The topological polar surface area (TPSA) is 516 Å². The number of hydrogen-bond acceptors (Lipinski definition) is 31. The van der Waals surface area contributed by atoms with Gasteiger partial charge in [-0.2, -0.15) is 0 Å². The van der Waals surface area contributed by atoms with Crippen molar-refractivity contribution in [2.24, 2.45) is 0 Å². The van der Waals surface area contributed by atoms with Crippen LogP contribution in [0.25, 0.3) is 0 Å². The highest BCUT2D eigenvalue weighted by Crippen LogP contribution is 2.31. The van der Waals surface area contributed by atoms with Gasteiger partial charge in [0.15, 0.2) is 63.9 Å². The zero-order valence-electron chi connectivity index (χ0n) is 40.4. The van der Waals surface area contributed by atoms with E-state index in [-0.39, 0.29) is 19.0 Å². The van der Waals surface area contributed by atoms with Crippen molar-refractivity contribution in [2.75, 3.05) is 65.8 Å². The lowest BCUT2D eigenvalue weighted by atomic mass is 9.98. The minimum Gasteiger partial charge on any atom is -0.506 e. The third kappa shape index (κ3) is 17.2. The second-order valence-corrected chi connectivity index (χ2v) is 17.4. The molecule has 0 spiro atoms. The lowest BCUT2D eigenvalue weighted by molar-refractivity contribution is -0.329. The maximum atomic E-state index is 11.3. The summed E-state index contributed by atoms with van der Waals surface area (Å²) in [6.45, 7) is 1.44. The smallest absolute Gasteiger partial charge is 0.218 e. The second kappa shape index (κ2) is 30.6. The third-order valence-electron chi connectivity index (χ3n) is 12.0. The summed E-state index contributed by atoms with van der Waals surface area (Å²) in [6, 6.07) is 0.208. The van der Waals surface area contributed by atoms with Crippen molar-refractivity contribution in [2.45, 2.75) is 145 Å². The standard InChI is InChI=1S/C43H74N2O29/c1-18(2)45-11-9-44(10-12-45)8-3-19-25(51)31(57)39(64)69-20(4-13-46)26(52)32(58)40(65)70-21(5-14-47)27(53)33(59)41(66)71-22(6-15-48)28(54)35(61)42(67)74-37-24(17-50)73-43(36(62)30(37)56)72-23(7-16-49)29(55)34(60)38(63)68-19/h18-24,30,36-43,46-67H,3-17H2,1-2H3/b31-25+,32-26+,33-27-,34-29-,35-28+. The maximum absolute atomic E-state index is 11.3. The molecule has 4 aliphatic heterocycles. The zero-order valence-corrected chi connectivity index (χ0v) is 40.4. The Morgan fingerprint density at radius 1 is 0.392 bits per heavy atom. The molecule has 4 rings (SSSR count). The Hall–Kier alpha value is -4.14. The van der Waals surface area contributed by atoms with E-state index in [0.29, 0.717) is 26.2 Å². The highest BCUT2D eigenvalue weighted by molar-refractivity contribution is 5.14. The van der Waals surface area contributed by atoms with Gasteiger partial charge in [-0.1, -0.05) is 0 Å². The Bertz CT molecular complexity index is 1870. The number of nitrogens with zero attached hydrogens (tertiary/aromatic N) is 2. The lowest BCUT2D eigenvalue weighted by Gasteiger charge is -2.43. The van der Waals surface area contributed by atoms with Gasteiger partial charge in [-0.05, 0) is 20.3 Å². The van der Waals surface area contributed by atoms with Gasteiger partial charge in [-0.25, -0.2) is 0 Å². The summed E-state index contributed by atoms with van der Waals surface area (Å²) in [5, 5.41) is 235. The molecule has 2 fully saturated rings. The predicted molar refractivity (Wildman–Crippen MR) is 243 cm³/mol. The van der Waals surface area contributed by atoms with Gasteiger partial charge in [-0.15, -0.1) is 0 Å². The minimum absolute atomic E-state index is 0.0345. The monoisotopic (exact) mass is 1080 g/mol. The summed E-state index contributed by atoms with van der Waals surface area (Å²) in [6.07, 6.45) is -38.0. The fourth-order valence-electron chi connectivity index (χ4n) is 7.66. The number of ether oxygens (including phenoxy) is 7. The summed E-state index contributed by atoms with van der Waals surface area (Å²) >= 11 is 0. The predicted octanol–water partition coefficient (Wildman–Crippen LogP) is -4.07. The van der Waals surface area contributed by atoms with Crippen LogP contribution in [0.2, 0.25) is 0 Å². The van der Waals surface area contributed by atoms with E-state index in [2.05, 4.69) is 4.90 Å². The molecule has 15 unspecified atom stereocenters. The maximum Gasteiger partial charge on any atom is 0.218 e. The van der Waals surface area contributed by atoms with Crippen molar-refractivity contribution in [3.63, 3.8) is 0 Å². The summed E-state index contributed by atoms with van der Waals surface area (Å²) in [4.78, 5) is 4.06. The highest BCUT2D eigenvalue weighted by Gasteiger charge is 2.48. The van der Waals surface area contributed by atoms with E-state index in [4.69, 9.17) is 33.2 Å². The first-order valence-electron chi connectivity index (χ1n) is 23.3. The van der Waals surface area contributed by atoms with Crippen molar-refractivity contribution in [1.29, 1.82) is 0 Å². The van der Waals surface area contributed by atoms with Crippen LogP contribution in [0.3, 0.4) is 0 Å². The van der Waals surface area contributed by atoms with Crippen molar-refractivity contribution >= 4 is 0 Å². The fraction of sp³-hybridized carbons (Fsp3) is 0.767. The van der Waals surface area contributed by atoms with E-state index in [1.807, 2.05) is 18.7 Å². The van der Waals surface area contributed by atoms with Gasteiger partial charge >= 0.3 is 0 Å². The molecule has 0 aromatic heterocycles. The Morgan fingerprint density at radius 3 is 1.01 bits per heavy atom. The van der Waals surface area contributed by atoms with Crippen LogP contribution in [-0.2, 0) is 33.2 Å². The molecule has 2 bridgehead atoms. The average molecular weight is 1080 g/mol. The van der Waals surface area contributed by atoms with Crippen molar-refractivity contribution in [3.05, 3.63) is 57.6 Å². The quantitative estimate of drug-likeness (QED) is 0.0834. The normalized spacial score (nSPS) is 39.6. The number of aliphatic hydroxyl groups is 22. The molecular weight excluding hydrogens is 1010 g/mol. The molecule has 15 atom stereocenters. The fourth-order valence-corrected chi connectivity index (χ4v) is 7.66. The van der Waals surface area contributed by atoms with Crippen LogP contribution in [0.5, 0.6) is 0 Å². The number of fused-ring (bicyclic) bond motifs is 22. The summed E-state index contributed by atoms with van der Waals surface area (Å²) in [5.74, 6) is -14.8. The molecule has 0 amide bonds. The Balaban J connectivity index is 2.21. The average Bonchev–Trinajstić information content (AvgIpc) is 3.38. The molecule has 74 heavy (non-hydrogen) atoms. The van der Waals surface area contributed by atoms with Crippen molar-refractivity contribution in [1.82, 2.24) is 9.80 Å². The van der Waals surface area contributed by atoms with Crippen molar-refractivity contribution < 1.29 is 146 Å². The number of piperazine rings is 1. The van der Waals surface area contributed by atoms with Crippen LogP contribution in [0.1, 0.15) is 46.0 Å². The summed E-state index contributed by atoms with van der Waals surface area (Å²) < 4.78 is 37.0. The van der Waals surface area contributed by atoms with Crippen LogP contribution in [-0.4, -0.2) is 287 Å². The van der Waals surface area contributed by atoms with Crippen LogP contribution >= 0.6 is 0 Å². The molecule has 2 saturated heterocycles. The number of hydrogen-bond donors (Lipinski definition) is 22. The van der Waals surface area contributed by atoms with Gasteiger partial charge in [-0.3, -0.25) is 4.90 Å². The van der Waals surface area contributed by atoms with Crippen LogP contribution in [0, 0.1) is 0 Å². The molecule has 4 aliphatic rings. The molecule has 0 aromatic rings. The molecule has 22 N–H and O–H groups in total. The van der Waals surface area contributed by atoms with E-state index in [1.165, 1.54) is 0 Å². The molecule has 4 heterocycles. The first-order chi connectivity index (χ1) is 34.9. The molecule has 31 heteroatoms. The molecule has 0 aromatic carbocycles. The van der Waals surface area contributed by atoms with E-state index in [1.54, 1.807) is 0 Å². The van der Waals surface area contributed by atoms with E-state index < -0.39 is 209 Å². The highest BCUT2D eigenvalue weighted by atomic mass is 16.7. The van der Waals surface area contributed by atoms with Crippen LogP contribution < -0.4 is 0 Å². The Kier molecular flexibility index (Phi) is 26.5. The van der Waals surface area contributed by atoms with Crippen LogP contribution in [0.15, 0.2) is 57.6 Å². The van der Waals surface area contributed by atoms with E-state index >= 15 is 0 Å². The SMILES string of the molecule is CC(C)N1CCN(CCC2OC(O)/C(O)=C(/O)C(CCO)OC3OC(CO)C(OC(O)/C(O)=C(\O)C(CCO)OC(O)/C(O)=C(/O)C(CCO)OC(O)/C(O)=C(\O)C(CCO)OC(O)/C(O)=C/2O)C(O)C3O)CC1. The molecule has 0 saturated carbocycles. The second-order valence-electron chi connectivity index (χ2n) is 17.4. The van der Waals surface area contributed by atoms with Gasteiger partial charge in [0.25, 0.3) is 0 Å². The number of rotatable bonds is 13. The van der Waals surface area contributed by atoms with E-state index in [9.17, 15) is 112 Å². The molecule has 430 valence electrons. The first-order valence-corrected chi connectivity index (χ1v) is 23.3.